The van der Waals surface area contributed by atoms with Crippen LogP contribution in [0.2, 0.25) is 5.15 Å². The highest BCUT2D eigenvalue weighted by molar-refractivity contribution is 6.29. The van der Waals surface area contributed by atoms with E-state index in [9.17, 15) is 4.79 Å². The minimum absolute atomic E-state index is 0.102. The predicted molar refractivity (Wildman–Crippen MR) is 110 cm³/mol. The summed E-state index contributed by atoms with van der Waals surface area (Å²) < 4.78 is 27.2. The predicted octanol–water partition coefficient (Wildman–Crippen LogP) is 2.53. The number of amides is 1. The number of nitrogens with one attached hydrogen (secondary N) is 2. The SMILES string of the molecule is [2H]C([2H])([2H])NC(=O)Cc1nnc(Cl)cc1Nc1cccc(-c2nn(C)nc2CC)c1OC. The maximum absolute atomic E-state index is 12.1. The van der Waals surface area contributed by atoms with Crippen molar-refractivity contribution in [2.24, 2.45) is 7.05 Å². The second kappa shape index (κ2) is 8.87. The van der Waals surface area contributed by atoms with Gasteiger partial charge in [0.2, 0.25) is 5.91 Å². The number of aromatic nitrogens is 5. The van der Waals surface area contributed by atoms with E-state index >= 15 is 0 Å². The zero-order valence-corrected chi connectivity index (χ0v) is 16.9. The van der Waals surface area contributed by atoms with Gasteiger partial charge in [0.15, 0.2) is 10.9 Å². The van der Waals surface area contributed by atoms with Crippen LogP contribution in [0, 0.1) is 0 Å². The quantitative estimate of drug-likeness (QED) is 0.607. The molecule has 0 unspecified atom stereocenters. The maximum atomic E-state index is 12.1. The van der Waals surface area contributed by atoms with Crippen molar-refractivity contribution >= 4 is 28.9 Å². The number of anilines is 2. The van der Waals surface area contributed by atoms with Crippen LogP contribution in [0.1, 0.15) is 22.4 Å². The lowest BCUT2D eigenvalue weighted by Gasteiger charge is -2.16. The summed E-state index contributed by atoms with van der Waals surface area (Å²) in [5, 5.41) is 21.8. The highest BCUT2D eigenvalue weighted by atomic mass is 35.5. The van der Waals surface area contributed by atoms with Crippen LogP contribution in [0.4, 0.5) is 11.4 Å². The molecule has 29 heavy (non-hydrogen) atoms. The molecule has 0 spiro atoms. The second-order valence-corrected chi connectivity index (χ2v) is 6.49. The van der Waals surface area contributed by atoms with Gasteiger partial charge in [0, 0.05) is 29.8 Å². The number of methoxy groups -OCH3 is 1. The minimum Gasteiger partial charge on any atom is -0.494 e. The van der Waals surface area contributed by atoms with Gasteiger partial charge in [-0.25, -0.2) is 0 Å². The van der Waals surface area contributed by atoms with E-state index in [0.29, 0.717) is 29.2 Å². The monoisotopic (exact) mass is 418 g/mol. The standard InChI is InChI=1S/C19H22ClN7O2/c1-5-12-18(26-27(3)25-12)11-7-6-8-13(19(11)29-4)22-14-9-16(20)24-23-15(14)10-17(28)21-2/h6-9H,5,10H2,1-4H3,(H,21,28)(H,22,24)/i2D3. The fourth-order valence-electron chi connectivity index (χ4n) is 2.91. The van der Waals surface area contributed by atoms with Crippen molar-refractivity contribution in [1.29, 1.82) is 0 Å². The number of carbonyl (C=O) groups is 1. The molecule has 152 valence electrons. The largest absolute Gasteiger partial charge is 0.494 e. The van der Waals surface area contributed by atoms with E-state index in [1.807, 2.05) is 24.4 Å². The molecule has 0 bridgehead atoms. The van der Waals surface area contributed by atoms with Crippen LogP contribution >= 0.6 is 11.6 Å². The average Bonchev–Trinajstić information content (AvgIpc) is 3.09. The molecule has 3 rings (SSSR count). The summed E-state index contributed by atoms with van der Waals surface area (Å²) in [7, 11) is 3.28. The Morgan fingerprint density at radius 3 is 2.83 bits per heavy atom. The van der Waals surface area contributed by atoms with Crippen molar-refractivity contribution in [1.82, 2.24) is 30.5 Å². The molecule has 0 aliphatic carbocycles. The van der Waals surface area contributed by atoms with Crippen molar-refractivity contribution < 1.29 is 13.6 Å². The third-order valence-corrected chi connectivity index (χ3v) is 4.35. The van der Waals surface area contributed by atoms with Crippen LogP contribution in [0.5, 0.6) is 5.75 Å². The van der Waals surface area contributed by atoms with Gasteiger partial charge in [-0.1, -0.05) is 24.6 Å². The van der Waals surface area contributed by atoms with Crippen LogP contribution in [0.15, 0.2) is 24.3 Å². The fraction of sp³-hybridized carbons (Fsp3) is 0.316. The summed E-state index contributed by atoms with van der Waals surface area (Å²) in [5.41, 5.74) is 3.42. The molecule has 0 aliphatic heterocycles. The molecule has 3 aromatic rings. The first-order chi connectivity index (χ1) is 15.1. The smallest absolute Gasteiger partial charge is 0.225 e. The Balaban J connectivity index is 1.99. The van der Waals surface area contributed by atoms with Crippen LogP contribution in [-0.2, 0) is 24.7 Å². The maximum Gasteiger partial charge on any atom is 0.225 e. The molecule has 2 aromatic heterocycles. The lowest BCUT2D eigenvalue weighted by Crippen LogP contribution is -2.21. The Hall–Kier alpha value is -3.20. The number of halogens is 1. The first-order valence-electron chi connectivity index (χ1n) is 10.3. The molecule has 0 saturated carbocycles. The van der Waals surface area contributed by atoms with E-state index in [0.717, 1.165) is 11.3 Å². The molecule has 0 atom stereocenters. The summed E-state index contributed by atoms with van der Waals surface area (Å²) in [4.78, 5) is 13.6. The highest BCUT2D eigenvalue weighted by Crippen LogP contribution is 2.38. The molecule has 2 N–H and O–H groups in total. The van der Waals surface area contributed by atoms with Crippen LogP contribution in [-0.4, -0.2) is 45.2 Å². The number of nitrogens with zero attached hydrogens (tertiary/aromatic N) is 5. The molecule has 2 heterocycles. The molecule has 1 aromatic carbocycles. The second-order valence-electron chi connectivity index (χ2n) is 6.10. The summed E-state index contributed by atoms with van der Waals surface area (Å²) in [5.74, 6) is -0.217. The van der Waals surface area contributed by atoms with Gasteiger partial charge >= 0.3 is 0 Å². The Bertz CT molecular complexity index is 1130. The Labute approximate surface area is 177 Å². The molecule has 0 radical (unpaired) electrons. The van der Waals surface area contributed by atoms with E-state index in [4.69, 9.17) is 20.5 Å². The number of likely N-dealkylation sites (N-methyl/N-ethyl adjacent to an activating group) is 1. The number of rotatable bonds is 7. The Kier molecular flexibility index (Phi) is 5.12. The first-order valence-corrected chi connectivity index (χ1v) is 9.16. The van der Waals surface area contributed by atoms with Gasteiger partial charge in [0.25, 0.3) is 0 Å². The molecule has 9 nitrogen and oxygen atoms in total. The highest BCUT2D eigenvalue weighted by Gasteiger charge is 2.19. The molecule has 10 heteroatoms. The lowest BCUT2D eigenvalue weighted by molar-refractivity contribution is -0.120. The van der Waals surface area contributed by atoms with Crippen LogP contribution in [0.25, 0.3) is 11.3 Å². The fourth-order valence-corrected chi connectivity index (χ4v) is 3.06. The molecule has 1 amide bonds. The van der Waals surface area contributed by atoms with E-state index in [1.54, 1.807) is 13.1 Å². The van der Waals surface area contributed by atoms with Gasteiger partial charge in [0.1, 0.15) is 5.69 Å². The molecular weight excluding hydrogens is 394 g/mol. The summed E-state index contributed by atoms with van der Waals surface area (Å²) >= 11 is 6.01. The van der Waals surface area contributed by atoms with Crippen molar-refractivity contribution in [3.8, 4) is 17.0 Å². The molecule has 0 fully saturated rings. The van der Waals surface area contributed by atoms with Crippen LogP contribution in [0.3, 0.4) is 0 Å². The number of para-hydroxylation sites is 1. The van der Waals surface area contributed by atoms with Gasteiger partial charge in [0.05, 0.1) is 36.3 Å². The lowest BCUT2D eigenvalue weighted by atomic mass is 10.1. The number of benzene rings is 1. The number of carbonyl (C=O) groups excluding carboxylic acids is 1. The Morgan fingerprint density at radius 2 is 2.10 bits per heavy atom. The third-order valence-electron chi connectivity index (χ3n) is 4.17. The molecular formula is C19H22ClN7O2. The van der Waals surface area contributed by atoms with E-state index in [-0.39, 0.29) is 17.3 Å². The topological polar surface area (TPSA) is 107 Å². The zero-order valence-electron chi connectivity index (χ0n) is 19.2. The van der Waals surface area contributed by atoms with Crippen LogP contribution < -0.4 is 15.4 Å². The van der Waals surface area contributed by atoms with Crippen molar-refractivity contribution in [2.45, 2.75) is 19.8 Å². The van der Waals surface area contributed by atoms with E-state index < -0.39 is 12.9 Å². The molecule has 0 aliphatic rings. The van der Waals surface area contributed by atoms with Gasteiger partial charge in [-0.3, -0.25) is 4.79 Å². The summed E-state index contributed by atoms with van der Waals surface area (Å²) in [6.45, 7) is -0.612. The normalized spacial score (nSPS) is 12.6. The number of ether oxygens (including phenoxy) is 1. The van der Waals surface area contributed by atoms with Gasteiger partial charge in [-0.2, -0.15) is 20.1 Å². The minimum atomic E-state index is -2.60. The van der Waals surface area contributed by atoms with E-state index in [1.165, 1.54) is 18.0 Å². The van der Waals surface area contributed by atoms with Gasteiger partial charge < -0.3 is 15.4 Å². The molecule has 0 saturated heterocycles. The van der Waals surface area contributed by atoms with Crippen molar-refractivity contribution in [3.63, 3.8) is 0 Å². The zero-order chi connectivity index (χ0) is 23.5. The van der Waals surface area contributed by atoms with E-state index in [2.05, 4.69) is 25.7 Å². The Morgan fingerprint density at radius 1 is 1.28 bits per heavy atom. The van der Waals surface area contributed by atoms with Gasteiger partial charge in [-0.15, -0.1) is 5.10 Å². The number of aryl methyl sites for hydroxylation is 2. The van der Waals surface area contributed by atoms with Crippen molar-refractivity contribution in [2.75, 3.05) is 19.4 Å². The number of hydrogen-bond donors (Lipinski definition) is 2. The first kappa shape index (κ1) is 16.7. The third kappa shape index (κ3) is 4.45. The summed E-state index contributed by atoms with van der Waals surface area (Å²) in [6, 6.07) is 6.98. The van der Waals surface area contributed by atoms with Gasteiger partial charge in [-0.05, 0) is 18.6 Å². The number of hydrogen-bond acceptors (Lipinski definition) is 7. The average molecular weight is 419 g/mol. The van der Waals surface area contributed by atoms with Crippen molar-refractivity contribution in [3.05, 3.63) is 40.8 Å². The summed E-state index contributed by atoms with van der Waals surface area (Å²) in [6.07, 6.45) is 0.383.